The van der Waals surface area contributed by atoms with E-state index in [1.54, 1.807) is 24.6 Å². The van der Waals surface area contributed by atoms with Crippen LogP contribution in [0.3, 0.4) is 0 Å². The molecule has 2 atom stereocenters. The van der Waals surface area contributed by atoms with Crippen molar-refractivity contribution in [2.75, 3.05) is 211 Å². The van der Waals surface area contributed by atoms with Gasteiger partial charge < -0.3 is 76.5 Å². The number of quaternary nitrogens is 2. The lowest BCUT2D eigenvalue weighted by Gasteiger charge is -2.12. The van der Waals surface area contributed by atoms with Gasteiger partial charge in [0, 0.05) is 36.8 Å². The van der Waals surface area contributed by atoms with Crippen LogP contribution < -0.4 is 20.0 Å². The molecule has 2 N–H and O–H groups in total. The van der Waals surface area contributed by atoms with Crippen molar-refractivity contribution < 1.29 is 95.5 Å². The van der Waals surface area contributed by atoms with Crippen molar-refractivity contribution in [3.8, 4) is 11.5 Å². The highest BCUT2D eigenvalue weighted by Crippen LogP contribution is 2.15. The van der Waals surface area contributed by atoms with Crippen LogP contribution in [-0.2, 0) is 79.4 Å². The Kier molecular flexibility index (Phi) is 39.2. The standard InChI is InChI=1S/C56H88N6O16/c1-3-65-19-21-69-27-29-73-35-37-77-41-39-75-33-31-71-25-23-67-17-15-59-11-13-61(49-59)47-51-5-7-55(63)53(43-51)45-57-9-10-58-46-54-44-52(6-8-56(54)64)48-62-14-12-60(50-62)16-18-68-24-26-72-32-34-76-40-42-78-38-36-74-30-28-70-22-20-66-4-2/h5-8,11-14,43-46,49-50H,3-4,9-10,15-42,47-48H2,1-2H3/p+2. The van der Waals surface area contributed by atoms with E-state index >= 15 is 0 Å². The third-order valence-corrected chi connectivity index (χ3v) is 11.3. The molecule has 2 heterocycles. The van der Waals surface area contributed by atoms with Gasteiger partial charge in [0.1, 0.15) is 26.3 Å². The summed E-state index contributed by atoms with van der Waals surface area (Å²) in [6.45, 7) is 22.5. The smallest absolute Gasteiger partial charge is 0.335 e. The Morgan fingerprint density at radius 3 is 0.936 bits per heavy atom. The first-order chi connectivity index (χ1) is 38.5. The molecule has 0 aliphatic carbocycles. The first kappa shape index (κ1) is 66.1. The van der Waals surface area contributed by atoms with Crippen LogP contribution >= 0.6 is 0 Å². The number of nitrogens with zero attached hydrogens (tertiary/aromatic N) is 4. The number of ether oxygens (including phenoxy) is 14. The molecule has 0 amide bonds. The fraction of sp³-hybridized carbons (Fsp3) is 0.643. The SMILES string of the molecule is CCOCCOCCOCCOCCOCCOCCOCC[N+]1=C[NH+](Cc2ccc([O-])c(C=NCCN=Cc3cc(C[NH+]4C=C[N+](CCOCCOCCOCCOCCOCCOCCOCC)=C4)ccc3[O-])c2)C=C1. The minimum absolute atomic E-state index is 0.0911. The van der Waals surface area contributed by atoms with Crippen LogP contribution in [0.2, 0.25) is 0 Å². The molecule has 22 heteroatoms. The fourth-order valence-electron chi connectivity index (χ4n) is 7.27. The van der Waals surface area contributed by atoms with Crippen molar-refractivity contribution in [3.63, 3.8) is 0 Å². The average molecular weight is 1100 g/mol. The summed E-state index contributed by atoms with van der Waals surface area (Å²) in [5, 5.41) is 25.3. The molecule has 0 saturated carbocycles. The van der Waals surface area contributed by atoms with Gasteiger partial charge in [0.05, 0.1) is 172 Å². The topological polar surface area (TPSA) is 215 Å². The Labute approximate surface area is 462 Å². The monoisotopic (exact) mass is 1100 g/mol. The van der Waals surface area contributed by atoms with E-state index in [4.69, 9.17) is 66.3 Å². The molecule has 22 nitrogen and oxygen atoms in total. The van der Waals surface area contributed by atoms with Crippen LogP contribution in [0, 0.1) is 0 Å². The number of benzene rings is 2. The van der Waals surface area contributed by atoms with Crippen molar-refractivity contribution in [3.05, 3.63) is 83.5 Å². The number of rotatable bonds is 53. The Morgan fingerprint density at radius 2 is 0.654 bits per heavy atom. The summed E-state index contributed by atoms with van der Waals surface area (Å²) in [6, 6.07) is 10.6. The Bertz CT molecular complexity index is 1870. The third kappa shape index (κ3) is 33.9. The highest BCUT2D eigenvalue weighted by molar-refractivity contribution is 5.84. The van der Waals surface area contributed by atoms with Gasteiger partial charge in [-0.1, -0.05) is 24.3 Å². The summed E-state index contributed by atoms with van der Waals surface area (Å²) >= 11 is 0. The summed E-state index contributed by atoms with van der Waals surface area (Å²) in [6.07, 6.45) is 15.6. The van der Waals surface area contributed by atoms with E-state index in [1.807, 2.05) is 50.5 Å². The molecule has 2 unspecified atom stereocenters. The molecule has 2 aliphatic rings. The summed E-state index contributed by atoms with van der Waals surface area (Å²) in [5.74, 6) is -0.182. The first-order valence-electron chi connectivity index (χ1n) is 27.5. The van der Waals surface area contributed by atoms with Crippen molar-refractivity contribution in [2.45, 2.75) is 26.9 Å². The lowest BCUT2D eigenvalue weighted by atomic mass is 10.1. The molecular formula is C56H90N6O16+2. The number of hydrogen-bond donors (Lipinski definition) is 2. The van der Waals surface area contributed by atoms with Gasteiger partial charge in [0.15, 0.2) is 25.5 Å². The van der Waals surface area contributed by atoms with Crippen molar-refractivity contribution >= 4 is 25.1 Å². The molecule has 4 rings (SSSR count). The van der Waals surface area contributed by atoms with Crippen LogP contribution in [0.25, 0.3) is 0 Å². The van der Waals surface area contributed by atoms with Crippen molar-refractivity contribution in [1.29, 1.82) is 0 Å². The van der Waals surface area contributed by atoms with Crippen molar-refractivity contribution in [2.24, 2.45) is 9.98 Å². The zero-order chi connectivity index (χ0) is 55.0. The first-order valence-corrected chi connectivity index (χ1v) is 27.5. The Balaban J connectivity index is 0.965. The molecule has 0 fully saturated rings. The second-order valence-corrected chi connectivity index (χ2v) is 17.4. The van der Waals surface area contributed by atoms with Gasteiger partial charge in [-0.2, -0.15) is 9.15 Å². The van der Waals surface area contributed by atoms with Crippen molar-refractivity contribution in [1.82, 2.24) is 0 Å². The molecular weight excluding hydrogens is 1010 g/mol. The largest absolute Gasteiger partial charge is 0.872 e. The van der Waals surface area contributed by atoms with Gasteiger partial charge in [-0.15, -0.1) is 11.5 Å². The van der Waals surface area contributed by atoms with Gasteiger partial charge >= 0.3 is 12.7 Å². The molecule has 0 aromatic heterocycles. The lowest BCUT2D eigenvalue weighted by Crippen LogP contribution is -3.04. The molecule has 0 saturated heterocycles. The zero-order valence-electron chi connectivity index (χ0n) is 46.4. The van der Waals surface area contributed by atoms with Gasteiger partial charge in [-0.25, -0.2) is 9.80 Å². The van der Waals surface area contributed by atoms with E-state index < -0.39 is 0 Å². The maximum Gasteiger partial charge on any atom is 0.335 e. The van der Waals surface area contributed by atoms with Crippen LogP contribution in [0.1, 0.15) is 36.1 Å². The normalized spacial score (nSPS) is 15.3. The van der Waals surface area contributed by atoms with Crippen LogP contribution in [0.15, 0.2) is 71.2 Å². The average Bonchev–Trinajstić information content (AvgIpc) is 4.11. The maximum absolute atomic E-state index is 12.6. The molecule has 0 spiro atoms. The van der Waals surface area contributed by atoms with E-state index in [0.717, 1.165) is 20.9 Å². The highest BCUT2D eigenvalue weighted by Gasteiger charge is 2.20. The van der Waals surface area contributed by atoms with Crippen LogP contribution in [-0.4, -0.2) is 245 Å². The Hall–Kier alpha value is -4.44. The zero-order valence-corrected chi connectivity index (χ0v) is 46.4. The predicted molar refractivity (Wildman–Crippen MR) is 290 cm³/mol. The predicted octanol–water partition coefficient (Wildman–Crippen LogP) is -0.535. The van der Waals surface area contributed by atoms with Gasteiger partial charge in [0.2, 0.25) is 12.4 Å². The molecule has 2 aromatic rings. The van der Waals surface area contributed by atoms with E-state index in [-0.39, 0.29) is 11.5 Å². The number of aliphatic imine (C=N–C) groups is 2. The number of nitrogens with one attached hydrogen (secondary N) is 2. The molecule has 438 valence electrons. The van der Waals surface area contributed by atoms with E-state index in [0.29, 0.717) is 235 Å². The van der Waals surface area contributed by atoms with Crippen LogP contribution in [0.4, 0.5) is 0 Å². The lowest BCUT2D eigenvalue weighted by molar-refractivity contribution is -0.765. The summed E-state index contributed by atoms with van der Waals surface area (Å²) in [5.41, 5.74) is 3.08. The maximum atomic E-state index is 12.6. The van der Waals surface area contributed by atoms with E-state index in [9.17, 15) is 10.2 Å². The van der Waals surface area contributed by atoms with Gasteiger partial charge in [-0.05, 0) is 37.1 Å². The molecule has 0 radical (unpaired) electrons. The summed E-state index contributed by atoms with van der Waals surface area (Å²) in [4.78, 5) is 11.2. The molecule has 0 bridgehead atoms. The molecule has 2 aromatic carbocycles. The number of hydrogen-bond acceptors (Lipinski definition) is 18. The van der Waals surface area contributed by atoms with Gasteiger partial charge in [-0.3, -0.25) is 9.98 Å². The summed E-state index contributed by atoms with van der Waals surface area (Å²) in [7, 11) is 0. The molecule has 2 aliphatic heterocycles. The quantitative estimate of drug-likeness (QED) is 0.0484. The highest BCUT2D eigenvalue weighted by atomic mass is 16.6. The van der Waals surface area contributed by atoms with E-state index in [1.165, 1.54) is 0 Å². The fourth-order valence-corrected chi connectivity index (χ4v) is 7.27. The third-order valence-electron chi connectivity index (χ3n) is 11.3. The van der Waals surface area contributed by atoms with Crippen LogP contribution in [0.5, 0.6) is 11.5 Å². The second-order valence-electron chi connectivity index (χ2n) is 17.4. The summed E-state index contributed by atoms with van der Waals surface area (Å²) < 4.78 is 81.2. The second kappa shape index (κ2) is 46.3. The Morgan fingerprint density at radius 1 is 0.385 bits per heavy atom. The minimum atomic E-state index is -0.0911. The minimum Gasteiger partial charge on any atom is -0.872 e. The molecule has 78 heavy (non-hydrogen) atoms. The van der Waals surface area contributed by atoms with Gasteiger partial charge in [0.25, 0.3) is 0 Å². The van der Waals surface area contributed by atoms with E-state index in [2.05, 4.69) is 44.2 Å².